The fraction of sp³-hybridized carbons (Fsp3) is 0.381. The van der Waals surface area contributed by atoms with Gasteiger partial charge in [0.2, 0.25) is 15.9 Å². The monoisotopic (exact) mass is 420 g/mol. The van der Waals surface area contributed by atoms with Gasteiger partial charge in [-0.3, -0.25) is 9.10 Å². The quantitative estimate of drug-likeness (QED) is 0.634. The highest BCUT2D eigenvalue weighted by atomic mass is 32.2. The van der Waals surface area contributed by atoms with E-state index in [1.807, 2.05) is 26.0 Å². The zero-order valence-corrected chi connectivity index (χ0v) is 18.0. The van der Waals surface area contributed by atoms with Gasteiger partial charge in [-0.15, -0.1) is 0 Å². The number of anilines is 2. The van der Waals surface area contributed by atoms with E-state index >= 15 is 0 Å². The molecule has 2 aromatic carbocycles. The predicted octanol–water partition coefficient (Wildman–Crippen LogP) is 3.67. The summed E-state index contributed by atoms with van der Waals surface area (Å²) in [4.78, 5) is 12.3. The molecule has 0 spiro atoms. The molecular weight excluding hydrogens is 392 g/mol. The average Bonchev–Trinajstić information content (AvgIpc) is 2.64. The molecular formula is C21H28N2O5S. The summed E-state index contributed by atoms with van der Waals surface area (Å²) in [5.74, 6) is 1.06. The summed E-state index contributed by atoms with van der Waals surface area (Å²) in [6, 6.07) is 14.0. The van der Waals surface area contributed by atoms with Gasteiger partial charge in [0.1, 0.15) is 11.5 Å². The smallest absolute Gasteiger partial charge is 0.232 e. The topological polar surface area (TPSA) is 84.9 Å². The first-order valence-electron chi connectivity index (χ1n) is 9.37. The van der Waals surface area contributed by atoms with Crippen LogP contribution in [0.5, 0.6) is 11.5 Å². The third-order valence-corrected chi connectivity index (χ3v) is 5.19. The molecule has 0 radical (unpaired) electrons. The number of carbonyl (C=O) groups excluding carboxylic acids is 1. The summed E-state index contributed by atoms with van der Waals surface area (Å²) >= 11 is 0. The molecule has 2 rings (SSSR count). The largest absolute Gasteiger partial charge is 0.497 e. The Labute approximate surface area is 172 Å². The van der Waals surface area contributed by atoms with Gasteiger partial charge in [-0.25, -0.2) is 8.42 Å². The molecule has 158 valence electrons. The summed E-state index contributed by atoms with van der Waals surface area (Å²) in [6.07, 6.45) is 1.75. The van der Waals surface area contributed by atoms with Crippen LogP contribution in [0.15, 0.2) is 48.5 Å². The molecule has 0 saturated heterocycles. The van der Waals surface area contributed by atoms with Gasteiger partial charge >= 0.3 is 0 Å². The minimum Gasteiger partial charge on any atom is -0.497 e. The van der Waals surface area contributed by atoms with Crippen molar-refractivity contribution in [3.05, 3.63) is 48.5 Å². The van der Waals surface area contributed by atoms with Crippen molar-refractivity contribution >= 4 is 27.3 Å². The van der Waals surface area contributed by atoms with E-state index in [-0.39, 0.29) is 25.0 Å². The van der Waals surface area contributed by atoms with Crippen molar-refractivity contribution in [1.29, 1.82) is 0 Å². The number of hydrogen-bond donors (Lipinski definition) is 1. The molecule has 0 atom stereocenters. The maximum atomic E-state index is 12.3. The number of hydrogen-bond acceptors (Lipinski definition) is 5. The van der Waals surface area contributed by atoms with Crippen LogP contribution in [-0.2, 0) is 14.8 Å². The highest BCUT2D eigenvalue weighted by Gasteiger charge is 2.18. The Balaban J connectivity index is 1.96. The first kappa shape index (κ1) is 22.5. The third-order valence-electron chi connectivity index (χ3n) is 4.00. The van der Waals surface area contributed by atoms with E-state index in [4.69, 9.17) is 9.47 Å². The van der Waals surface area contributed by atoms with Gasteiger partial charge < -0.3 is 14.8 Å². The molecule has 0 aromatic heterocycles. The van der Waals surface area contributed by atoms with Crippen LogP contribution in [0, 0.1) is 0 Å². The summed E-state index contributed by atoms with van der Waals surface area (Å²) in [5, 5.41) is 2.82. The summed E-state index contributed by atoms with van der Waals surface area (Å²) < 4.78 is 36.5. The maximum Gasteiger partial charge on any atom is 0.232 e. The van der Waals surface area contributed by atoms with E-state index in [9.17, 15) is 13.2 Å². The first-order valence-corrected chi connectivity index (χ1v) is 11.2. The zero-order valence-electron chi connectivity index (χ0n) is 17.2. The van der Waals surface area contributed by atoms with E-state index in [0.717, 1.165) is 6.26 Å². The zero-order chi connectivity index (χ0) is 21.4. The molecule has 7 nitrogen and oxygen atoms in total. The lowest BCUT2D eigenvalue weighted by molar-refractivity contribution is -0.116. The Bertz CT molecular complexity index is 928. The fourth-order valence-electron chi connectivity index (χ4n) is 2.78. The maximum absolute atomic E-state index is 12.3. The van der Waals surface area contributed by atoms with Gasteiger partial charge in [0.15, 0.2) is 0 Å². The number of nitrogens with zero attached hydrogens (tertiary/aromatic N) is 1. The van der Waals surface area contributed by atoms with Gasteiger partial charge in [0, 0.05) is 30.8 Å². The lowest BCUT2D eigenvalue weighted by atomic mass is 10.2. The number of nitrogens with one attached hydrogen (secondary N) is 1. The molecule has 8 heteroatoms. The van der Waals surface area contributed by atoms with Crippen LogP contribution in [0.3, 0.4) is 0 Å². The predicted molar refractivity (Wildman–Crippen MR) is 115 cm³/mol. The molecule has 0 heterocycles. The average molecular weight is 421 g/mol. The van der Waals surface area contributed by atoms with Crippen molar-refractivity contribution in [3.63, 3.8) is 0 Å². The van der Waals surface area contributed by atoms with E-state index in [1.54, 1.807) is 36.4 Å². The van der Waals surface area contributed by atoms with Gasteiger partial charge in [-0.2, -0.15) is 0 Å². The van der Waals surface area contributed by atoms with Crippen LogP contribution in [0.1, 0.15) is 26.7 Å². The summed E-state index contributed by atoms with van der Waals surface area (Å²) in [5.41, 5.74) is 1.15. The van der Waals surface area contributed by atoms with Gasteiger partial charge in [-0.05, 0) is 44.5 Å². The normalized spacial score (nSPS) is 11.2. The second-order valence-corrected chi connectivity index (χ2v) is 8.79. The van der Waals surface area contributed by atoms with Gasteiger partial charge in [0.05, 0.1) is 25.2 Å². The molecule has 1 N–H and O–H groups in total. The van der Waals surface area contributed by atoms with Crippen molar-refractivity contribution in [2.45, 2.75) is 32.8 Å². The van der Waals surface area contributed by atoms with Crippen LogP contribution >= 0.6 is 0 Å². The second-order valence-electron chi connectivity index (χ2n) is 6.88. The fourth-order valence-corrected chi connectivity index (χ4v) is 3.74. The molecule has 29 heavy (non-hydrogen) atoms. The summed E-state index contributed by atoms with van der Waals surface area (Å²) in [7, 11) is -1.96. The Morgan fingerprint density at radius 2 is 1.79 bits per heavy atom. The molecule has 0 bridgehead atoms. The third kappa shape index (κ3) is 7.30. The second kappa shape index (κ2) is 10.2. The van der Waals surface area contributed by atoms with E-state index < -0.39 is 10.0 Å². The van der Waals surface area contributed by atoms with E-state index in [0.29, 0.717) is 29.3 Å². The summed E-state index contributed by atoms with van der Waals surface area (Å²) in [6.45, 7) is 4.05. The molecule has 0 fully saturated rings. The number of sulfonamides is 1. The molecule has 0 aliphatic rings. The molecule has 0 saturated carbocycles. The number of methoxy groups -OCH3 is 1. The Hall–Kier alpha value is -2.74. The van der Waals surface area contributed by atoms with Crippen molar-refractivity contribution in [2.75, 3.05) is 29.5 Å². The number of rotatable bonds is 10. The number of amides is 1. The van der Waals surface area contributed by atoms with Crippen LogP contribution in [0.2, 0.25) is 0 Å². The van der Waals surface area contributed by atoms with Crippen LogP contribution in [-0.4, -0.2) is 40.3 Å². The minimum atomic E-state index is -3.49. The molecule has 0 aliphatic heterocycles. The molecule has 0 unspecified atom stereocenters. The van der Waals surface area contributed by atoms with Crippen molar-refractivity contribution in [2.24, 2.45) is 0 Å². The number of benzene rings is 2. The highest BCUT2D eigenvalue weighted by Crippen LogP contribution is 2.24. The van der Waals surface area contributed by atoms with Gasteiger partial charge in [-0.1, -0.05) is 12.1 Å². The number of ether oxygens (including phenoxy) is 2. The number of carbonyl (C=O) groups is 1. The molecule has 0 aliphatic carbocycles. The highest BCUT2D eigenvalue weighted by molar-refractivity contribution is 7.92. The lowest BCUT2D eigenvalue weighted by Crippen LogP contribution is -2.31. The Morgan fingerprint density at radius 3 is 2.45 bits per heavy atom. The minimum absolute atomic E-state index is 0.0412. The van der Waals surface area contributed by atoms with E-state index in [1.165, 1.54) is 11.4 Å². The SMILES string of the molecule is COc1cccc(N(CCCC(=O)Nc2cccc(OC(C)C)c2)S(C)(=O)=O)c1. The van der Waals surface area contributed by atoms with E-state index in [2.05, 4.69) is 5.32 Å². The standard InChI is InChI=1S/C21H28N2O5S/c1-16(2)28-20-11-5-8-17(14-20)22-21(24)12-7-13-23(29(4,25)26)18-9-6-10-19(15-18)27-3/h5-6,8-11,14-16H,7,12-13H2,1-4H3,(H,22,24). The van der Waals surface area contributed by atoms with Crippen LogP contribution < -0.4 is 19.1 Å². The van der Waals surface area contributed by atoms with Crippen molar-refractivity contribution < 1.29 is 22.7 Å². The van der Waals surface area contributed by atoms with Gasteiger partial charge in [0.25, 0.3) is 0 Å². The first-order chi connectivity index (χ1) is 13.7. The Kier molecular flexibility index (Phi) is 7.90. The lowest BCUT2D eigenvalue weighted by Gasteiger charge is -2.22. The Morgan fingerprint density at radius 1 is 1.10 bits per heavy atom. The van der Waals surface area contributed by atoms with Crippen LogP contribution in [0.25, 0.3) is 0 Å². The van der Waals surface area contributed by atoms with Crippen molar-refractivity contribution in [1.82, 2.24) is 0 Å². The molecule has 1 amide bonds. The molecule has 2 aromatic rings. The van der Waals surface area contributed by atoms with Crippen LogP contribution in [0.4, 0.5) is 11.4 Å². The van der Waals surface area contributed by atoms with Crippen molar-refractivity contribution in [3.8, 4) is 11.5 Å².